The molecule has 0 spiro atoms. The fraction of sp³-hybridized carbons (Fsp3) is 0.500. The number of ether oxygens (including phenoxy) is 4. The SMILES string of the molecule is COC(=O)CC(C(=O)C=[N+]=[N-])N1c2cc(O)ccc2CC(NC(C)=O)C(=O)OC(C(N)C(=O)OC)OC(=O)C1(N)C(C)C. The van der Waals surface area contributed by atoms with Crippen molar-refractivity contribution >= 4 is 47.5 Å². The van der Waals surface area contributed by atoms with Gasteiger partial charge in [-0.25, -0.2) is 9.59 Å². The number of hydrogen-bond donors (Lipinski definition) is 4. The summed E-state index contributed by atoms with van der Waals surface area (Å²) in [7, 11) is 2.03. The highest BCUT2D eigenvalue weighted by atomic mass is 16.7. The Kier molecular flexibility index (Phi) is 11.5. The van der Waals surface area contributed by atoms with E-state index in [-0.39, 0.29) is 23.4 Å². The predicted octanol–water partition coefficient (Wildman–Crippen LogP) is -1.72. The van der Waals surface area contributed by atoms with Crippen molar-refractivity contribution in [2.24, 2.45) is 17.4 Å². The molecule has 0 bridgehead atoms. The second-order valence-corrected chi connectivity index (χ2v) is 9.82. The van der Waals surface area contributed by atoms with Gasteiger partial charge in [0, 0.05) is 31.0 Å². The molecule has 1 aromatic rings. The molecule has 0 fully saturated rings. The quantitative estimate of drug-likeness (QED) is 0.0801. The predicted molar refractivity (Wildman–Crippen MR) is 145 cm³/mol. The molecule has 5 atom stereocenters. The minimum atomic E-state index is -2.45. The number of methoxy groups -OCH3 is 2. The number of phenols is 1. The van der Waals surface area contributed by atoms with Crippen LogP contribution in [-0.4, -0.2) is 96.0 Å². The molecule has 17 heteroatoms. The Hall–Kier alpha value is -4.86. The number of carbonyl (C=O) groups excluding carboxylic acids is 6. The number of esters is 4. The lowest BCUT2D eigenvalue weighted by Crippen LogP contribution is -2.71. The van der Waals surface area contributed by atoms with Crippen LogP contribution in [0.25, 0.3) is 5.53 Å². The van der Waals surface area contributed by atoms with Gasteiger partial charge in [0.1, 0.15) is 17.8 Å². The molecule has 234 valence electrons. The number of anilines is 1. The van der Waals surface area contributed by atoms with Crippen LogP contribution in [0, 0.1) is 5.92 Å². The van der Waals surface area contributed by atoms with Crippen molar-refractivity contribution in [3.63, 3.8) is 0 Å². The van der Waals surface area contributed by atoms with Gasteiger partial charge >= 0.3 is 30.1 Å². The average Bonchev–Trinajstić information content (AvgIpc) is 2.96. The number of nitrogens with zero attached hydrogens (tertiary/aromatic N) is 3. The van der Waals surface area contributed by atoms with Crippen LogP contribution in [0.5, 0.6) is 5.75 Å². The summed E-state index contributed by atoms with van der Waals surface area (Å²) in [6.07, 6.45) is -2.82. The van der Waals surface area contributed by atoms with Crippen LogP contribution in [0.3, 0.4) is 0 Å². The summed E-state index contributed by atoms with van der Waals surface area (Å²) in [5.74, 6) is -7.75. The summed E-state index contributed by atoms with van der Waals surface area (Å²) in [6, 6.07) is -1.48. The van der Waals surface area contributed by atoms with Crippen LogP contribution < -0.4 is 21.7 Å². The Bertz CT molecular complexity index is 1330. The van der Waals surface area contributed by atoms with Gasteiger partial charge in [0.15, 0.2) is 11.7 Å². The first-order chi connectivity index (χ1) is 20.1. The molecule has 1 amide bonds. The third-order valence-corrected chi connectivity index (χ3v) is 6.66. The Balaban J connectivity index is 3.05. The fourth-order valence-electron chi connectivity index (χ4n) is 4.36. The average molecular weight is 607 g/mol. The largest absolute Gasteiger partial charge is 0.508 e. The van der Waals surface area contributed by atoms with E-state index < -0.39 is 78.0 Å². The van der Waals surface area contributed by atoms with Crippen molar-refractivity contribution < 1.29 is 57.6 Å². The number of benzene rings is 1. The van der Waals surface area contributed by atoms with Crippen molar-refractivity contribution in [3.05, 3.63) is 29.3 Å². The first kappa shape index (κ1) is 34.3. The second kappa shape index (κ2) is 14.4. The smallest absolute Gasteiger partial charge is 0.350 e. The van der Waals surface area contributed by atoms with Crippen molar-refractivity contribution in [3.8, 4) is 5.75 Å². The number of phenolic OH excluding ortho intramolecular Hbond substituents is 1. The maximum Gasteiger partial charge on any atom is 0.350 e. The van der Waals surface area contributed by atoms with E-state index in [9.17, 15) is 33.9 Å². The summed E-state index contributed by atoms with van der Waals surface area (Å²) in [5.41, 5.74) is 19.3. The number of carbonyl (C=O) groups is 6. The summed E-state index contributed by atoms with van der Waals surface area (Å²) in [6.45, 7) is 4.03. The van der Waals surface area contributed by atoms with Gasteiger partial charge in [0.25, 0.3) is 12.1 Å². The second-order valence-electron chi connectivity index (χ2n) is 9.82. The van der Waals surface area contributed by atoms with E-state index in [0.717, 1.165) is 32.1 Å². The molecule has 1 heterocycles. The van der Waals surface area contributed by atoms with Gasteiger partial charge in [0.2, 0.25) is 5.91 Å². The normalized spacial score (nSPS) is 21.9. The van der Waals surface area contributed by atoms with Gasteiger partial charge in [-0.1, -0.05) is 19.9 Å². The highest BCUT2D eigenvalue weighted by Crippen LogP contribution is 2.37. The molecular weight excluding hydrogens is 572 g/mol. The Morgan fingerprint density at radius 2 is 1.88 bits per heavy atom. The van der Waals surface area contributed by atoms with Crippen molar-refractivity contribution in [2.45, 2.75) is 63.7 Å². The Morgan fingerprint density at radius 1 is 1.23 bits per heavy atom. The molecule has 0 saturated carbocycles. The topological polar surface area (TPSA) is 263 Å². The zero-order valence-corrected chi connectivity index (χ0v) is 24.1. The molecule has 1 aliphatic rings. The number of rotatable bonds is 9. The van der Waals surface area contributed by atoms with E-state index in [2.05, 4.69) is 14.8 Å². The van der Waals surface area contributed by atoms with Gasteiger partial charge in [-0.15, -0.1) is 0 Å². The van der Waals surface area contributed by atoms with E-state index in [1.54, 1.807) is 0 Å². The van der Waals surface area contributed by atoms with Crippen LogP contribution in [0.1, 0.15) is 32.8 Å². The number of hydrogen-bond acceptors (Lipinski definition) is 14. The van der Waals surface area contributed by atoms with Crippen molar-refractivity contribution in [2.75, 3.05) is 19.1 Å². The zero-order valence-electron chi connectivity index (χ0n) is 24.1. The van der Waals surface area contributed by atoms with Crippen LogP contribution >= 0.6 is 0 Å². The van der Waals surface area contributed by atoms with E-state index >= 15 is 0 Å². The molecule has 1 aromatic carbocycles. The van der Waals surface area contributed by atoms with E-state index in [1.165, 1.54) is 26.0 Å². The summed E-state index contributed by atoms with van der Waals surface area (Å²) in [4.78, 5) is 81.2. The van der Waals surface area contributed by atoms with Crippen LogP contribution in [0.15, 0.2) is 18.2 Å². The van der Waals surface area contributed by atoms with Crippen LogP contribution in [-0.2, 0) is 54.1 Å². The lowest BCUT2D eigenvalue weighted by molar-refractivity contribution is -0.201. The van der Waals surface area contributed by atoms with Crippen molar-refractivity contribution in [1.29, 1.82) is 0 Å². The molecule has 43 heavy (non-hydrogen) atoms. The van der Waals surface area contributed by atoms with Crippen LogP contribution in [0.2, 0.25) is 0 Å². The van der Waals surface area contributed by atoms with E-state index in [1.807, 2.05) is 0 Å². The monoisotopic (exact) mass is 606 g/mol. The highest BCUT2D eigenvalue weighted by molar-refractivity contribution is 6.29. The highest BCUT2D eigenvalue weighted by Gasteiger charge is 2.53. The summed E-state index contributed by atoms with van der Waals surface area (Å²) < 4.78 is 20.0. The number of fused-ring (bicyclic) bond motifs is 1. The van der Waals surface area contributed by atoms with Crippen LogP contribution in [0.4, 0.5) is 5.69 Å². The van der Waals surface area contributed by atoms with Gasteiger partial charge < -0.3 is 45.5 Å². The van der Waals surface area contributed by atoms with Gasteiger partial charge in [-0.2, -0.15) is 4.79 Å². The fourth-order valence-corrected chi connectivity index (χ4v) is 4.36. The first-order valence-corrected chi connectivity index (χ1v) is 12.8. The minimum absolute atomic E-state index is 0.121. The maximum atomic E-state index is 14.0. The van der Waals surface area contributed by atoms with Gasteiger partial charge in [0.05, 0.1) is 20.6 Å². The minimum Gasteiger partial charge on any atom is -0.508 e. The van der Waals surface area contributed by atoms with E-state index in [0.29, 0.717) is 6.21 Å². The number of nitrogens with two attached hydrogens (primary N) is 2. The number of Topliss-reactive ketones (excluding diaryl/α,β-unsaturated/α-hetero) is 1. The third kappa shape index (κ3) is 7.71. The Labute approximate surface area is 246 Å². The number of amides is 1. The maximum absolute atomic E-state index is 14.0. The van der Waals surface area contributed by atoms with Gasteiger partial charge in [-0.3, -0.25) is 24.9 Å². The molecule has 0 aliphatic carbocycles. The molecule has 5 unspecified atom stereocenters. The number of ketones is 1. The summed E-state index contributed by atoms with van der Waals surface area (Å²) in [5, 5.41) is 12.9. The lowest BCUT2D eigenvalue weighted by Gasteiger charge is -2.46. The molecular formula is C26H34N6O11. The third-order valence-electron chi connectivity index (χ3n) is 6.66. The first-order valence-electron chi connectivity index (χ1n) is 12.8. The van der Waals surface area contributed by atoms with Gasteiger partial charge in [-0.05, 0) is 11.6 Å². The molecule has 6 N–H and O–H groups in total. The molecule has 17 nitrogen and oxygen atoms in total. The van der Waals surface area contributed by atoms with Crippen molar-refractivity contribution in [1.82, 2.24) is 5.32 Å². The molecule has 0 aromatic heterocycles. The molecule has 0 radical (unpaired) electrons. The molecule has 2 rings (SSSR count). The Morgan fingerprint density at radius 3 is 2.42 bits per heavy atom. The zero-order chi connectivity index (χ0) is 32.6. The molecule has 0 saturated heterocycles. The lowest BCUT2D eigenvalue weighted by atomic mass is 9.88. The van der Waals surface area contributed by atoms with E-state index in [4.69, 9.17) is 31.2 Å². The number of nitrogens with one attached hydrogen (secondary N) is 1. The molecule has 1 aliphatic heterocycles. The number of cyclic esters (lactones) is 2. The summed E-state index contributed by atoms with van der Waals surface area (Å²) >= 11 is 0. The number of aromatic hydroxyl groups is 1. The standard InChI is InChI=1S/C26H34N6O11/c1-12(2)26(28)25(39)43-24(21(27)23(38)41-5)42-22(37)16(31-13(3)33)8-14-6-7-15(34)9-17(14)32(26)18(10-20(36)40-4)19(35)11-30-29/h6-7,9,11-12,16,18,21,24,34H,8,10,27-28H2,1-5H3,(H,31,33).